The van der Waals surface area contributed by atoms with Gasteiger partial charge in [0, 0.05) is 22.8 Å². The van der Waals surface area contributed by atoms with Crippen LogP contribution in [0.15, 0.2) is 23.1 Å². The predicted molar refractivity (Wildman–Crippen MR) is 122 cm³/mol. The SMILES string of the molecule is CC1=CC[C@H](C(=O)N(c2csc(C#CC(C)(C)C)c2)C2CCC(O)CC2)[C@@H](C)C1. The summed E-state index contributed by atoms with van der Waals surface area (Å²) >= 11 is 1.62. The smallest absolute Gasteiger partial charge is 0.230 e. The second-order valence-corrected chi connectivity index (χ2v) is 10.8. The van der Waals surface area contributed by atoms with Crippen molar-refractivity contribution in [1.82, 2.24) is 0 Å². The van der Waals surface area contributed by atoms with E-state index in [1.54, 1.807) is 11.3 Å². The standard InChI is InChI=1S/C25H35NO2S/c1-17-6-11-23(18(2)14-17)24(28)26(19-7-9-21(27)10-8-19)20-15-22(29-16-20)12-13-25(3,4)5/h6,15-16,18-19,21,23,27H,7-11,14H2,1-5H3/t18-,19?,21?,23-/m0/s1. The van der Waals surface area contributed by atoms with Gasteiger partial charge in [0.15, 0.2) is 0 Å². The summed E-state index contributed by atoms with van der Waals surface area (Å²) in [5.41, 5.74) is 2.34. The van der Waals surface area contributed by atoms with Gasteiger partial charge in [0.1, 0.15) is 0 Å². The number of aliphatic hydroxyl groups is 1. The van der Waals surface area contributed by atoms with Gasteiger partial charge >= 0.3 is 0 Å². The van der Waals surface area contributed by atoms with E-state index in [-0.39, 0.29) is 29.4 Å². The Hall–Kier alpha value is -1.57. The maximum atomic E-state index is 13.7. The van der Waals surface area contributed by atoms with E-state index in [1.807, 2.05) is 0 Å². The molecule has 2 atom stereocenters. The average molecular weight is 414 g/mol. The molecule has 1 fully saturated rings. The predicted octanol–water partition coefficient (Wildman–Crippen LogP) is 5.77. The second-order valence-electron chi connectivity index (χ2n) is 9.91. The maximum absolute atomic E-state index is 13.7. The molecule has 0 spiro atoms. The molecule has 0 saturated heterocycles. The minimum Gasteiger partial charge on any atom is -0.393 e. The molecule has 0 radical (unpaired) electrons. The summed E-state index contributed by atoms with van der Waals surface area (Å²) in [6, 6.07) is 2.25. The molecule has 1 amide bonds. The fraction of sp³-hybridized carbons (Fsp3) is 0.640. The van der Waals surface area contributed by atoms with E-state index in [0.29, 0.717) is 5.92 Å². The number of thiophene rings is 1. The van der Waals surface area contributed by atoms with Gasteiger partial charge < -0.3 is 10.0 Å². The van der Waals surface area contributed by atoms with Crippen molar-refractivity contribution in [1.29, 1.82) is 0 Å². The fourth-order valence-corrected chi connectivity index (χ4v) is 5.15. The molecule has 1 saturated carbocycles. The third-order valence-electron chi connectivity index (χ3n) is 6.06. The van der Waals surface area contributed by atoms with Crippen LogP contribution in [0, 0.1) is 29.1 Å². The van der Waals surface area contributed by atoms with Crippen LogP contribution in [0.1, 0.15) is 78.0 Å². The van der Waals surface area contributed by atoms with Crippen LogP contribution in [0.5, 0.6) is 0 Å². The molecule has 29 heavy (non-hydrogen) atoms. The molecule has 0 aliphatic heterocycles. The first-order chi connectivity index (χ1) is 13.6. The number of hydrogen-bond acceptors (Lipinski definition) is 3. The fourth-order valence-electron chi connectivity index (χ4n) is 4.42. The Bertz CT molecular complexity index is 812. The number of amides is 1. The molecular weight excluding hydrogens is 378 g/mol. The van der Waals surface area contributed by atoms with E-state index in [1.165, 1.54) is 5.57 Å². The Morgan fingerprint density at radius 3 is 2.55 bits per heavy atom. The Morgan fingerprint density at radius 1 is 1.24 bits per heavy atom. The van der Waals surface area contributed by atoms with Crippen molar-refractivity contribution in [3.05, 3.63) is 28.0 Å². The summed E-state index contributed by atoms with van der Waals surface area (Å²) in [6.07, 6.45) is 7.11. The molecule has 3 rings (SSSR count). The molecule has 1 aromatic rings. The van der Waals surface area contributed by atoms with Gasteiger partial charge in [-0.3, -0.25) is 4.79 Å². The van der Waals surface area contributed by atoms with Crippen molar-refractivity contribution in [2.24, 2.45) is 17.3 Å². The van der Waals surface area contributed by atoms with Gasteiger partial charge in [-0.2, -0.15) is 0 Å². The van der Waals surface area contributed by atoms with E-state index >= 15 is 0 Å². The summed E-state index contributed by atoms with van der Waals surface area (Å²) in [5, 5.41) is 12.0. The van der Waals surface area contributed by atoms with E-state index in [2.05, 4.69) is 68.9 Å². The number of nitrogens with zero attached hydrogens (tertiary/aromatic N) is 1. The minimum atomic E-state index is -0.224. The molecule has 0 aromatic carbocycles. The summed E-state index contributed by atoms with van der Waals surface area (Å²) < 4.78 is 0. The van der Waals surface area contributed by atoms with Crippen LogP contribution in [0.3, 0.4) is 0 Å². The monoisotopic (exact) mass is 413 g/mol. The second kappa shape index (κ2) is 9.06. The number of hydrogen-bond donors (Lipinski definition) is 1. The quantitative estimate of drug-likeness (QED) is 0.504. The zero-order valence-corrected chi connectivity index (χ0v) is 19.3. The molecule has 1 aromatic heterocycles. The molecule has 1 N–H and O–H groups in total. The van der Waals surface area contributed by atoms with Gasteiger partial charge in [0.2, 0.25) is 5.91 Å². The summed E-state index contributed by atoms with van der Waals surface area (Å²) in [7, 11) is 0. The average Bonchev–Trinajstić information content (AvgIpc) is 3.10. The number of anilines is 1. The van der Waals surface area contributed by atoms with Gasteiger partial charge in [-0.05, 0) is 78.2 Å². The van der Waals surface area contributed by atoms with Gasteiger partial charge in [-0.15, -0.1) is 11.3 Å². The van der Waals surface area contributed by atoms with Crippen LogP contribution in [0.4, 0.5) is 5.69 Å². The van der Waals surface area contributed by atoms with Crippen molar-refractivity contribution in [3.8, 4) is 11.8 Å². The number of allylic oxidation sites excluding steroid dienone is 2. The molecule has 0 unspecified atom stereocenters. The van der Waals surface area contributed by atoms with E-state index < -0.39 is 0 Å². The van der Waals surface area contributed by atoms with Gasteiger partial charge in [-0.1, -0.05) is 30.4 Å². The minimum absolute atomic E-state index is 0.0366. The summed E-state index contributed by atoms with van der Waals surface area (Å²) in [5.74, 6) is 7.23. The van der Waals surface area contributed by atoms with Crippen molar-refractivity contribution >= 4 is 22.9 Å². The number of carbonyl (C=O) groups is 1. The van der Waals surface area contributed by atoms with Gasteiger partial charge in [-0.25, -0.2) is 0 Å². The number of rotatable bonds is 3. The first kappa shape index (κ1) is 22.1. The van der Waals surface area contributed by atoms with E-state index in [9.17, 15) is 9.90 Å². The van der Waals surface area contributed by atoms with Crippen molar-refractivity contribution in [3.63, 3.8) is 0 Å². The number of carbonyl (C=O) groups excluding carboxylic acids is 1. The Morgan fingerprint density at radius 2 is 1.93 bits per heavy atom. The first-order valence-corrected chi connectivity index (χ1v) is 11.8. The molecule has 4 heteroatoms. The van der Waals surface area contributed by atoms with Crippen molar-refractivity contribution in [2.45, 2.75) is 85.3 Å². The lowest BCUT2D eigenvalue weighted by atomic mass is 9.79. The maximum Gasteiger partial charge on any atom is 0.230 e. The Labute approximate surface area is 180 Å². The highest BCUT2D eigenvalue weighted by Crippen LogP contribution is 2.36. The molecule has 158 valence electrons. The first-order valence-electron chi connectivity index (χ1n) is 10.9. The lowest BCUT2D eigenvalue weighted by molar-refractivity contribution is -0.124. The van der Waals surface area contributed by atoms with Crippen LogP contribution >= 0.6 is 11.3 Å². The molecule has 0 bridgehead atoms. The zero-order chi connectivity index (χ0) is 21.2. The van der Waals surface area contributed by atoms with E-state index in [4.69, 9.17) is 0 Å². The van der Waals surface area contributed by atoms with Crippen molar-refractivity contribution < 1.29 is 9.90 Å². The lowest BCUT2D eigenvalue weighted by Gasteiger charge is -2.39. The van der Waals surface area contributed by atoms with Crippen LogP contribution in [-0.2, 0) is 4.79 Å². The zero-order valence-electron chi connectivity index (χ0n) is 18.5. The summed E-state index contributed by atoms with van der Waals surface area (Å²) in [6.45, 7) is 10.7. The van der Waals surface area contributed by atoms with Crippen LogP contribution < -0.4 is 4.90 Å². The third kappa shape index (κ3) is 5.74. The lowest BCUT2D eigenvalue weighted by Crippen LogP contribution is -2.47. The highest BCUT2D eigenvalue weighted by Gasteiger charge is 2.36. The third-order valence-corrected chi connectivity index (χ3v) is 6.89. The Kier molecular flexibility index (Phi) is 6.91. The molecule has 2 aliphatic rings. The molecular formula is C25H35NO2S. The number of aliphatic hydroxyl groups excluding tert-OH is 1. The van der Waals surface area contributed by atoms with Crippen molar-refractivity contribution in [2.75, 3.05) is 4.90 Å². The molecule has 2 aliphatic carbocycles. The summed E-state index contributed by atoms with van der Waals surface area (Å²) in [4.78, 5) is 16.8. The van der Waals surface area contributed by atoms with Gasteiger partial charge in [0.25, 0.3) is 0 Å². The highest BCUT2D eigenvalue weighted by molar-refractivity contribution is 7.11. The Balaban J connectivity index is 1.88. The highest BCUT2D eigenvalue weighted by atomic mass is 32.1. The largest absolute Gasteiger partial charge is 0.393 e. The van der Waals surface area contributed by atoms with E-state index in [0.717, 1.165) is 49.1 Å². The van der Waals surface area contributed by atoms with Crippen LogP contribution in [-0.4, -0.2) is 23.2 Å². The van der Waals surface area contributed by atoms with Gasteiger partial charge in [0.05, 0.1) is 16.7 Å². The topological polar surface area (TPSA) is 40.5 Å². The molecule has 1 heterocycles. The molecule has 3 nitrogen and oxygen atoms in total. The normalized spacial score (nSPS) is 27.6. The van der Waals surface area contributed by atoms with Crippen LogP contribution in [0.2, 0.25) is 0 Å². The van der Waals surface area contributed by atoms with Crippen LogP contribution in [0.25, 0.3) is 0 Å².